The molecule has 0 radical (unpaired) electrons. The number of carbonyl (C=O) groups is 1. The smallest absolute Gasteiger partial charge is 0.312 e. The zero-order valence-electron chi connectivity index (χ0n) is 8.14. The highest BCUT2D eigenvalue weighted by atomic mass is 16.4. The van der Waals surface area contributed by atoms with Crippen LogP contribution in [0.2, 0.25) is 0 Å². The van der Waals surface area contributed by atoms with Gasteiger partial charge in [-0.3, -0.25) is 4.79 Å². The predicted octanol–water partition coefficient (Wildman–Crippen LogP) is 2.16. The third-order valence-corrected chi connectivity index (χ3v) is 1.86. The maximum Gasteiger partial charge on any atom is 0.312 e. The Balaban J connectivity index is 4.55. The van der Waals surface area contributed by atoms with E-state index in [0.717, 1.165) is 0 Å². The Morgan fingerprint density at radius 1 is 1.50 bits per heavy atom. The van der Waals surface area contributed by atoms with E-state index < -0.39 is 11.9 Å². The van der Waals surface area contributed by atoms with Crippen LogP contribution in [0.3, 0.4) is 0 Å². The highest BCUT2D eigenvalue weighted by molar-refractivity contribution is 6.02. The van der Waals surface area contributed by atoms with Crippen LogP contribution in [0.25, 0.3) is 0 Å². The lowest BCUT2D eigenvalue weighted by Crippen LogP contribution is -2.32. The maximum atomic E-state index is 10.7. The largest absolute Gasteiger partial charge is 0.481 e. The number of nitrogens with one attached hydrogen (secondary N) is 1. The zero-order valence-corrected chi connectivity index (χ0v) is 8.14. The summed E-state index contributed by atoms with van der Waals surface area (Å²) in [5.74, 6) is -1.51. The molecule has 0 aromatic rings. The fraction of sp³-hybridized carbons (Fsp3) is 0.778. The van der Waals surface area contributed by atoms with E-state index in [1.54, 1.807) is 6.92 Å². The molecule has 0 heterocycles. The van der Waals surface area contributed by atoms with E-state index in [9.17, 15) is 4.79 Å². The molecule has 12 heavy (non-hydrogen) atoms. The molecule has 1 atom stereocenters. The Morgan fingerprint density at radius 2 is 1.92 bits per heavy atom. The van der Waals surface area contributed by atoms with E-state index in [4.69, 9.17) is 10.5 Å². The van der Waals surface area contributed by atoms with Gasteiger partial charge in [0.25, 0.3) is 0 Å². The fourth-order valence-electron chi connectivity index (χ4n) is 1.02. The van der Waals surface area contributed by atoms with Crippen molar-refractivity contribution in [3.05, 3.63) is 0 Å². The van der Waals surface area contributed by atoms with Crippen LogP contribution in [0.1, 0.15) is 34.1 Å². The molecule has 3 heteroatoms. The van der Waals surface area contributed by atoms with Crippen LogP contribution in [0.15, 0.2) is 0 Å². The average Bonchev–Trinajstić information content (AvgIpc) is 1.86. The van der Waals surface area contributed by atoms with Crippen LogP contribution in [0.5, 0.6) is 0 Å². The van der Waals surface area contributed by atoms with Gasteiger partial charge >= 0.3 is 5.97 Å². The normalized spacial score (nSPS) is 14.0. The van der Waals surface area contributed by atoms with Crippen molar-refractivity contribution in [2.45, 2.75) is 34.1 Å². The van der Waals surface area contributed by atoms with E-state index in [1.807, 2.05) is 20.8 Å². The van der Waals surface area contributed by atoms with Gasteiger partial charge in [-0.05, 0) is 6.42 Å². The molecular weight excluding hydrogens is 154 g/mol. The quantitative estimate of drug-likeness (QED) is 0.639. The molecule has 70 valence electrons. The van der Waals surface area contributed by atoms with Crippen LogP contribution >= 0.6 is 0 Å². The molecule has 0 aromatic carbocycles. The Kier molecular flexibility index (Phi) is 3.43. The molecule has 0 aliphatic heterocycles. The third-order valence-electron chi connectivity index (χ3n) is 1.86. The van der Waals surface area contributed by atoms with Crippen molar-refractivity contribution in [3.8, 4) is 0 Å². The van der Waals surface area contributed by atoms with E-state index >= 15 is 0 Å². The second-order valence-electron chi connectivity index (χ2n) is 3.96. The summed E-state index contributed by atoms with van der Waals surface area (Å²) in [6.07, 6.45) is 0.492. The molecule has 0 amide bonds. The van der Waals surface area contributed by atoms with Gasteiger partial charge in [-0.2, -0.15) is 0 Å². The van der Waals surface area contributed by atoms with Crippen molar-refractivity contribution in [1.82, 2.24) is 0 Å². The lowest BCUT2D eigenvalue weighted by atomic mass is 9.81. The van der Waals surface area contributed by atoms with Gasteiger partial charge in [0.1, 0.15) is 0 Å². The lowest BCUT2D eigenvalue weighted by molar-refractivity contribution is -0.139. The first kappa shape index (κ1) is 11.1. The molecule has 3 nitrogen and oxygen atoms in total. The predicted molar refractivity (Wildman–Crippen MR) is 48.6 cm³/mol. The van der Waals surface area contributed by atoms with Gasteiger partial charge in [0.2, 0.25) is 0 Å². The summed E-state index contributed by atoms with van der Waals surface area (Å²) < 4.78 is 0. The monoisotopic (exact) mass is 171 g/mol. The minimum Gasteiger partial charge on any atom is -0.481 e. The van der Waals surface area contributed by atoms with E-state index in [1.165, 1.54) is 0 Å². The number of carboxylic acids is 1. The molecule has 0 aromatic heterocycles. The third kappa shape index (κ3) is 2.64. The summed E-state index contributed by atoms with van der Waals surface area (Å²) in [7, 11) is 0. The minimum atomic E-state index is -0.891. The van der Waals surface area contributed by atoms with Crippen molar-refractivity contribution < 1.29 is 9.90 Å². The Labute approximate surface area is 73.3 Å². The summed E-state index contributed by atoms with van der Waals surface area (Å²) in [4.78, 5) is 10.7. The molecule has 0 saturated carbocycles. The molecule has 0 aliphatic rings. The van der Waals surface area contributed by atoms with Crippen molar-refractivity contribution in [3.63, 3.8) is 0 Å². The Hall–Kier alpha value is -0.860. The van der Waals surface area contributed by atoms with E-state index in [0.29, 0.717) is 12.1 Å². The standard InChI is InChI=1S/C9H17NO2/c1-5-6(8(11)12)7(10)9(2,3)4/h6,10H,5H2,1-4H3,(H,11,12). The van der Waals surface area contributed by atoms with Crippen LogP contribution in [-0.2, 0) is 4.79 Å². The molecule has 0 aliphatic carbocycles. The molecule has 1 unspecified atom stereocenters. The van der Waals surface area contributed by atoms with Crippen molar-refractivity contribution in [2.24, 2.45) is 11.3 Å². The Morgan fingerprint density at radius 3 is 2.00 bits per heavy atom. The first-order chi connectivity index (χ1) is 5.30. The van der Waals surface area contributed by atoms with Crippen LogP contribution in [0.4, 0.5) is 0 Å². The van der Waals surface area contributed by atoms with Gasteiger partial charge < -0.3 is 10.5 Å². The van der Waals surface area contributed by atoms with Crippen molar-refractivity contribution in [2.75, 3.05) is 0 Å². The summed E-state index contributed by atoms with van der Waals surface area (Å²) >= 11 is 0. The zero-order chi connectivity index (χ0) is 9.94. The summed E-state index contributed by atoms with van der Waals surface area (Å²) in [6.45, 7) is 7.38. The van der Waals surface area contributed by atoms with Crippen LogP contribution < -0.4 is 0 Å². The topological polar surface area (TPSA) is 61.2 Å². The van der Waals surface area contributed by atoms with Gasteiger partial charge in [-0.25, -0.2) is 0 Å². The van der Waals surface area contributed by atoms with Crippen molar-refractivity contribution >= 4 is 11.7 Å². The maximum absolute atomic E-state index is 10.7. The second-order valence-corrected chi connectivity index (χ2v) is 3.96. The molecule has 0 fully saturated rings. The van der Waals surface area contributed by atoms with Crippen LogP contribution in [0, 0.1) is 16.7 Å². The molecule has 0 rings (SSSR count). The number of hydrogen-bond acceptors (Lipinski definition) is 2. The van der Waals surface area contributed by atoms with E-state index in [2.05, 4.69) is 0 Å². The van der Waals surface area contributed by atoms with Crippen molar-refractivity contribution in [1.29, 1.82) is 5.41 Å². The lowest BCUT2D eigenvalue weighted by Gasteiger charge is -2.24. The summed E-state index contributed by atoms with van der Waals surface area (Å²) in [6, 6.07) is 0. The van der Waals surface area contributed by atoms with Gasteiger partial charge in [0, 0.05) is 11.1 Å². The number of carboxylic acid groups (broad SMARTS) is 1. The molecule has 0 saturated heterocycles. The number of rotatable bonds is 3. The number of hydrogen-bond donors (Lipinski definition) is 2. The van der Waals surface area contributed by atoms with E-state index in [-0.39, 0.29) is 5.41 Å². The van der Waals surface area contributed by atoms with Gasteiger partial charge in [0.05, 0.1) is 5.92 Å². The molecule has 0 spiro atoms. The van der Waals surface area contributed by atoms with Gasteiger partial charge in [0.15, 0.2) is 0 Å². The summed E-state index contributed by atoms with van der Waals surface area (Å²) in [5.41, 5.74) is -0.0310. The number of aliphatic carboxylic acids is 1. The SMILES string of the molecule is CCC(C(=N)C(C)(C)C)C(=O)O. The average molecular weight is 171 g/mol. The Bertz CT molecular complexity index is 191. The second kappa shape index (κ2) is 3.70. The highest BCUT2D eigenvalue weighted by Gasteiger charge is 2.29. The summed E-state index contributed by atoms with van der Waals surface area (Å²) in [5, 5.41) is 16.4. The first-order valence-corrected chi connectivity index (χ1v) is 4.12. The van der Waals surface area contributed by atoms with Crippen LogP contribution in [-0.4, -0.2) is 16.8 Å². The molecular formula is C9H17NO2. The fourth-order valence-corrected chi connectivity index (χ4v) is 1.02. The molecule has 0 bridgehead atoms. The van der Waals surface area contributed by atoms with Gasteiger partial charge in [-0.15, -0.1) is 0 Å². The highest BCUT2D eigenvalue weighted by Crippen LogP contribution is 2.22. The first-order valence-electron chi connectivity index (χ1n) is 4.12. The molecule has 2 N–H and O–H groups in total. The van der Waals surface area contributed by atoms with Gasteiger partial charge in [-0.1, -0.05) is 27.7 Å². The minimum absolute atomic E-state index is 0.303.